The standard InChI is InChI=1S/C19H25N3O3/c1-15(19(23)24)25-18-4-2-16(3-5-18)12-21-9-6-17(7-10-21)13-22-11-8-20-14-22/h2-5,8,11,14-15,17H,6-7,9-10,12-13H2,1H3,(H,23,24)/t15-/m1/s1. The van der Waals surface area contributed by atoms with Crippen molar-refractivity contribution in [1.82, 2.24) is 14.5 Å². The number of imidazole rings is 1. The summed E-state index contributed by atoms with van der Waals surface area (Å²) in [7, 11) is 0. The first kappa shape index (κ1) is 17.5. The van der Waals surface area contributed by atoms with Crippen LogP contribution in [0.25, 0.3) is 0 Å². The molecule has 1 atom stereocenters. The summed E-state index contributed by atoms with van der Waals surface area (Å²) >= 11 is 0. The summed E-state index contributed by atoms with van der Waals surface area (Å²) in [4.78, 5) is 17.4. The smallest absolute Gasteiger partial charge is 0.344 e. The molecule has 1 N–H and O–H groups in total. The van der Waals surface area contributed by atoms with Crippen molar-refractivity contribution in [2.45, 2.75) is 39.0 Å². The molecule has 3 rings (SSSR count). The van der Waals surface area contributed by atoms with Crippen LogP contribution in [0.5, 0.6) is 5.75 Å². The Hall–Kier alpha value is -2.34. The average molecular weight is 343 g/mol. The molecule has 6 nitrogen and oxygen atoms in total. The highest BCUT2D eigenvalue weighted by molar-refractivity contribution is 5.72. The van der Waals surface area contributed by atoms with Gasteiger partial charge in [-0.1, -0.05) is 12.1 Å². The lowest BCUT2D eigenvalue weighted by Gasteiger charge is -2.32. The van der Waals surface area contributed by atoms with Crippen LogP contribution >= 0.6 is 0 Å². The van der Waals surface area contributed by atoms with E-state index in [1.807, 2.05) is 43.0 Å². The summed E-state index contributed by atoms with van der Waals surface area (Å²) in [6.07, 6.45) is 7.33. The van der Waals surface area contributed by atoms with E-state index in [4.69, 9.17) is 9.84 Å². The van der Waals surface area contributed by atoms with Crippen LogP contribution in [0, 0.1) is 5.92 Å². The third-order valence-corrected chi connectivity index (χ3v) is 4.73. The molecule has 0 bridgehead atoms. The fraction of sp³-hybridized carbons (Fsp3) is 0.474. The van der Waals surface area contributed by atoms with E-state index in [1.165, 1.54) is 25.3 Å². The molecule has 6 heteroatoms. The Labute approximate surface area is 148 Å². The molecule has 1 aromatic carbocycles. The third-order valence-electron chi connectivity index (χ3n) is 4.73. The number of carboxylic acids is 1. The average Bonchev–Trinajstić information content (AvgIpc) is 3.11. The number of nitrogens with zero attached hydrogens (tertiary/aromatic N) is 3. The summed E-state index contributed by atoms with van der Waals surface area (Å²) in [5.74, 6) is 0.360. The monoisotopic (exact) mass is 343 g/mol. The van der Waals surface area contributed by atoms with Crippen LogP contribution in [-0.4, -0.2) is 44.7 Å². The number of aliphatic carboxylic acids is 1. The predicted molar refractivity (Wildman–Crippen MR) is 94.4 cm³/mol. The van der Waals surface area contributed by atoms with Crippen molar-refractivity contribution in [2.24, 2.45) is 5.92 Å². The van der Waals surface area contributed by atoms with Gasteiger partial charge in [-0.25, -0.2) is 9.78 Å². The van der Waals surface area contributed by atoms with Crippen LogP contribution in [0.3, 0.4) is 0 Å². The molecule has 0 spiro atoms. The zero-order chi connectivity index (χ0) is 17.6. The van der Waals surface area contributed by atoms with Gasteiger partial charge in [0, 0.05) is 25.5 Å². The van der Waals surface area contributed by atoms with Gasteiger partial charge in [-0.15, -0.1) is 0 Å². The molecule has 0 amide bonds. The van der Waals surface area contributed by atoms with Gasteiger partial charge in [0.05, 0.1) is 6.33 Å². The minimum absolute atomic E-state index is 0.595. The Morgan fingerprint density at radius 1 is 1.32 bits per heavy atom. The molecule has 25 heavy (non-hydrogen) atoms. The van der Waals surface area contributed by atoms with E-state index >= 15 is 0 Å². The molecule has 1 aromatic heterocycles. The molecule has 0 radical (unpaired) electrons. The zero-order valence-corrected chi connectivity index (χ0v) is 14.5. The van der Waals surface area contributed by atoms with Crippen molar-refractivity contribution in [3.63, 3.8) is 0 Å². The number of likely N-dealkylation sites (tertiary alicyclic amines) is 1. The van der Waals surface area contributed by atoms with Crippen LogP contribution in [0.2, 0.25) is 0 Å². The van der Waals surface area contributed by atoms with Gasteiger partial charge in [0.25, 0.3) is 0 Å². The highest BCUT2D eigenvalue weighted by Gasteiger charge is 2.19. The fourth-order valence-corrected chi connectivity index (χ4v) is 3.21. The lowest BCUT2D eigenvalue weighted by atomic mass is 9.96. The molecule has 1 aliphatic rings. The third kappa shape index (κ3) is 5.06. The summed E-state index contributed by atoms with van der Waals surface area (Å²) < 4.78 is 7.53. The van der Waals surface area contributed by atoms with Crippen molar-refractivity contribution < 1.29 is 14.6 Å². The van der Waals surface area contributed by atoms with E-state index in [-0.39, 0.29) is 0 Å². The number of hydrogen-bond donors (Lipinski definition) is 1. The molecule has 0 unspecified atom stereocenters. The fourth-order valence-electron chi connectivity index (χ4n) is 3.21. The Balaban J connectivity index is 1.45. The SMILES string of the molecule is C[C@@H](Oc1ccc(CN2CCC(Cn3ccnc3)CC2)cc1)C(=O)O. The highest BCUT2D eigenvalue weighted by Crippen LogP contribution is 2.21. The molecular weight excluding hydrogens is 318 g/mol. The first-order valence-corrected chi connectivity index (χ1v) is 8.76. The first-order valence-electron chi connectivity index (χ1n) is 8.76. The number of piperidine rings is 1. The lowest BCUT2D eigenvalue weighted by molar-refractivity contribution is -0.144. The normalized spacial score (nSPS) is 17.3. The van der Waals surface area contributed by atoms with Crippen molar-refractivity contribution in [3.05, 3.63) is 48.5 Å². The summed E-state index contributed by atoms with van der Waals surface area (Å²) in [5.41, 5.74) is 1.23. The Morgan fingerprint density at radius 2 is 2.04 bits per heavy atom. The number of ether oxygens (including phenoxy) is 1. The number of hydrogen-bond acceptors (Lipinski definition) is 4. The molecule has 2 heterocycles. The van der Waals surface area contributed by atoms with Gasteiger partial charge in [0.15, 0.2) is 6.10 Å². The summed E-state index contributed by atoms with van der Waals surface area (Å²) in [6.45, 7) is 5.72. The number of rotatable bonds is 7. The Kier molecular flexibility index (Phi) is 5.71. The Morgan fingerprint density at radius 3 is 2.64 bits per heavy atom. The summed E-state index contributed by atoms with van der Waals surface area (Å²) in [5, 5.41) is 8.88. The minimum atomic E-state index is -0.956. The van der Waals surface area contributed by atoms with Crippen molar-refractivity contribution >= 4 is 5.97 Å². The molecule has 134 valence electrons. The number of benzene rings is 1. The number of carbonyl (C=O) groups is 1. The second-order valence-corrected chi connectivity index (χ2v) is 6.72. The van der Waals surface area contributed by atoms with Gasteiger partial charge in [0.1, 0.15) is 5.75 Å². The van der Waals surface area contributed by atoms with E-state index < -0.39 is 12.1 Å². The van der Waals surface area contributed by atoms with E-state index in [9.17, 15) is 4.79 Å². The highest BCUT2D eigenvalue weighted by atomic mass is 16.5. The van der Waals surface area contributed by atoms with Crippen molar-refractivity contribution in [3.8, 4) is 5.75 Å². The van der Waals surface area contributed by atoms with Gasteiger partial charge in [-0.3, -0.25) is 4.90 Å². The minimum Gasteiger partial charge on any atom is -0.479 e. The van der Waals surface area contributed by atoms with Gasteiger partial charge >= 0.3 is 5.97 Å². The van der Waals surface area contributed by atoms with Crippen molar-refractivity contribution in [1.29, 1.82) is 0 Å². The first-order chi connectivity index (χ1) is 12.1. The summed E-state index contributed by atoms with van der Waals surface area (Å²) in [6, 6.07) is 7.73. The molecule has 1 fully saturated rings. The molecule has 2 aromatic rings. The molecule has 1 saturated heterocycles. The maximum Gasteiger partial charge on any atom is 0.344 e. The van der Waals surface area contributed by atoms with E-state index in [0.717, 1.165) is 32.1 Å². The van der Waals surface area contributed by atoms with Gasteiger partial charge < -0.3 is 14.4 Å². The molecule has 0 aliphatic carbocycles. The van der Waals surface area contributed by atoms with E-state index in [0.29, 0.717) is 5.75 Å². The number of carboxylic acid groups (broad SMARTS) is 1. The number of aromatic nitrogens is 2. The van der Waals surface area contributed by atoms with Crippen LogP contribution in [-0.2, 0) is 17.9 Å². The molecule has 1 aliphatic heterocycles. The second-order valence-electron chi connectivity index (χ2n) is 6.72. The van der Waals surface area contributed by atoms with E-state index in [1.54, 1.807) is 0 Å². The van der Waals surface area contributed by atoms with Crippen molar-refractivity contribution in [2.75, 3.05) is 13.1 Å². The van der Waals surface area contributed by atoms with Crippen LogP contribution in [0.15, 0.2) is 43.0 Å². The zero-order valence-electron chi connectivity index (χ0n) is 14.5. The second kappa shape index (κ2) is 8.16. The molecular formula is C19H25N3O3. The Bertz CT molecular complexity index is 662. The van der Waals surface area contributed by atoms with Crippen LogP contribution < -0.4 is 4.74 Å². The largest absolute Gasteiger partial charge is 0.479 e. The van der Waals surface area contributed by atoms with Crippen LogP contribution in [0.4, 0.5) is 0 Å². The predicted octanol–water partition coefficient (Wildman–Crippen LogP) is 2.65. The lowest BCUT2D eigenvalue weighted by Crippen LogP contribution is -2.34. The van der Waals surface area contributed by atoms with E-state index in [2.05, 4.69) is 14.5 Å². The van der Waals surface area contributed by atoms with Gasteiger partial charge in [0.2, 0.25) is 0 Å². The molecule has 0 saturated carbocycles. The maximum atomic E-state index is 10.8. The van der Waals surface area contributed by atoms with Gasteiger partial charge in [-0.2, -0.15) is 0 Å². The topological polar surface area (TPSA) is 67.6 Å². The maximum absolute atomic E-state index is 10.8. The van der Waals surface area contributed by atoms with Gasteiger partial charge in [-0.05, 0) is 56.5 Å². The quantitative estimate of drug-likeness (QED) is 0.837. The van der Waals surface area contributed by atoms with Crippen LogP contribution in [0.1, 0.15) is 25.3 Å².